The molecule has 0 spiro atoms. The molecule has 2 heterocycles. The smallest absolute Gasteiger partial charge is 0.255 e. The molecule has 118 valence electrons. The Morgan fingerprint density at radius 3 is 2.71 bits per heavy atom. The summed E-state index contributed by atoms with van der Waals surface area (Å²) in [4.78, 5) is 18.1. The molecule has 4 rings (SSSR count). The number of carbonyl (C=O) groups excluding carboxylic acids is 1. The highest BCUT2D eigenvalue weighted by Crippen LogP contribution is 2.28. The Labute approximate surface area is 143 Å². The van der Waals surface area contributed by atoms with Crippen molar-refractivity contribution >= 4 is 27.9 Å². The fraction of sp³-hybridized carbons (Fsp3) is 0.0526. The van der Waals surface area contributed by atoms with Gasteiger partial charge >= 0.3 is 0 Å². The third-order valence-electron chi connectivity index (χ3n) is 3.86. The Bertz CT molecular complexity index is 986. The first kappa shape index (κ1) is 14.7. The van der Waals surface area contributed by atoms with Crippen LogP contribution >= 0.6 is 11.3 Å². The van der Waals surface area contributed by atoms with E-state index in [1.54, 1.807) is 11.3 Å². The second kappa shape index (κ2) is 5.94. The summed E-state index contributed by atoms with van der Waals surface area (Å²) in [5, 5.41) is 4.99. The van der Waals surface area contributed by atoms with Crippen LogP contribution in [0.2, 0.25) is 0 Å². The van der Waals surface area contributed by atoms with Gasteiger partial charge in [-0.1, -0.05) is 35.9 Å². The lowest BCUT2D eigenvalue weighted by Crippen LogP contribution is -2.12. The summed E-state index contributed by atoms with van der Waals surface area (Å²) in [6.45, 7) is 2.00. The first-order valence-corrected chi connectivity index (χ1v) is 8.48. The number of imidazole rings is 1. The summed E-state index contributed by atoms with van der Waals surface area (Å²) in [6, 6.07) is 15.3. The molecule has 0 atom stereocenters. The second-order valence-corrected chi connectivity index (χ2v) is 6.46. The van der Waals surface area contributed by atoms with Crippen LogP contribution < -0.4 is 5.32 Å². The van der Waals surface area contributed by atoms with Crippen LogP contribution in [0.25, 0.3) is 16.2 Å². The van der Waals surface area contributed by atoms with Crippen LogP contribution in [0.3, 0.4) is 0 Å². The van der Waals surface area contributed by atoms with Crippen LogP contribution in [-0.4, -0.2) is 15.3 Å². The van der Waals surface area contributed by atoms with Gasteiger partial charge in [0.2, 0.25) is 0 Å². The molecule has 5 heteroatoms. The number of carbonyl (C=O) groups is 1. The van der Waals surface area contributed by atoms with E-state index in [9.17, 15) is 4.79 Å². The highest BCUT2D eigenvalue weighted by Gasteiger charge is 2.12. The van der Waals surface area contributed by atoms with Gasteiger partial charge in [-0.25, -0.2) is 4.98 Å². The fourth-order valence-corrected chi connectivity index (χ4v) is 3.27. The average Bonchev–Trinajstić information content (AvgIpc) is 3.17. The number of anilines is 1. The molecule has 0 radical (unpaired) electrons. The zero-order valence-electron chi connectivity index (χ0n) is 13.1. The van der Waals surface area contributed by atoms with E-state index in [4.69, 9.17) is 0 Å². The summed E-state index contributed by atoms with van der Waals surface area (Å²) in [6.07, 6.45) is 3.95. The molecule has 2 aromatic heterocycles. The molecule has 0 saturated heterocycles. The standard InChI is InChI=1S/C19H15N3OS/c1-13-6-8-14(9-7-13)18(23)20-16-5-3-2-4-15(16)17-12-22-10-11-24-19(22)21-17/h2-12H,1H3,(H,20,23). The number of para-hydroxylation sites is 1. The summed E-state index contributed by atoms with van der Waals surface area (Å²) in [5.41, 5.74) is 4.29. The van der Waals surface area contributed by atoms with Crippen LogP contribution in [0.1, 0.15) is 15.9 Å². The maximum atomic E-state index is 12.5. The maximum Gasteiger partial charge on any atom is 0.255 e. The van der Waals surface area contributed by atoms with Crippen LogP contribution in [0.5, 0.6) is 0 Å². The van der Waals surface area contributed by atoms with Gasteiger partial charge in [0.05, 0.1) is 11.4 Å². The lowest BCUT2D eigenvalue weighted by Gasteiger charge is -2.09. The zero-order valence-corrected chi connectivity index (χ0v) is 13.9. The van der Waals surface area contributed by atoms with Gasteiger partial charge in [0.25, 0.3) is 5.91 Å². The highest BCUT2D eigenvalue weighted by atomic mass is 32.1. The lowest BCUT2D eigenvalue weighted by atomic mass is 10.1. The third-order valence-corrected chi connectivity index (χ3v) is 4.63. The van der Waals surface area contributed by atoms with Crippen molar-refractivity contribution in [1.29, 1.82) is 0 Å². The minimum Gasteiger partial charge on any atom is -0.321 e. The van der Waals surface area contributed by atoms with Crippen molar-refractivity contribution in [3.8, 4) is 11.3 Å². The molecule has 1 N–H and O–H groups in total. The molecule has 0 saturated carbocycles. The topological polar surface area (TPSA) is 46.4 Å². The summed E-state index contributed by atoms with van der Waals surface area (Å²) in [7, 11) is 0. The SMILES string of the molecule is Cc1ccc(C(=O)Nc2ccccc2-c2cn3ccsc3n2)cc1. The van der Waals surface area contributed by atoms with Crippen molar-refractivity contribution in [1.82, 2.24) is 9.38 Å². The predicted molar refractivity (Wildman–Crippen MR) is 97.6 cm³/mol. The Morgan fingerprint density at radius 1 is 1.12 bits per heavy atom. The molecule has 0 fully saturated rings. The molecule has 0 unspecified atom stereocenters. The number of hydrogen-bond acceptors (Lipinski definition) is 3. The zero-order chi connectivity index (χ0) is 16.5. The molecule has 4 nitrogen and oxygen atoms in total. The normalized spacial score (nSPS) is 10.9. The Balaban J connectivity index is 1.67. The Kier molecular flexibility index (Phi) is 3.63. The van der Waals surface area contributed by atoms with Crippen molar-refractivity contribution < 1.29 is 4.79 Å². The number of rotatable bonds is 3. The number of aryl methyl sites for hydroxylation is 1. The van der Waals surface area contributed by atoms with Crippen molar-refractivity contribution in [3.05, 3.63) is 77.4 Å². The first-order valence-electron chi connectivity index (χ1n) is 7.60. The number of amides is 1. The first-order chi connectivity index (χ1) is 11.7. The largest absolute Gasteiger partial charge is 0.321 e. The molecule has 24 heavy (non-hydrogen) atoms. The molecule has 0 bridgehead atoms. The average molecular weight is 333 g/mol. The number of aromatic nitrogens is 2. The Hall–Kier alpha value is -2.92. The monoisotopic (exact) mass is 333 g/mol. The van der Waals surface area contributed by atoms with Crippen LogP contribution in [0.15, 0.2) is 66.3 Å². The van der Waals surface area contributed by atoms with E-state index in [0.717, 1.165) is 27.5 Å². The van der Waals surface area contributed by atoms with E-state index >= 15 is 0 Å². The fourth-order valence-electron chi connectivity index (χ4n) is 2.57. The molecule has 4 aromatic rings. The van der Waals surface area contributed by atoms with E-state index in [-0.39, 0.29) is 5.91 Å². The van der Waals surface area contributed by atoms with Gasteiger partial charge in [0.15, 0.2) is 4.96 Å². The van der Waals surface area contributed by atoms with Crippen molar-refractivity contribution in [2.45, 2.75) is 6.92 Å². The van der Waals surface area contributed by atoms with Gasteiger partial charge in [0, 0.05) is 28.9 Å². The molecule has 2 aromatic carbocycles. The molecular weight excluding hydrogens is 318 g/mol. The molecule has 0 aliphatic rings. The highest BCUT2D eigenvalue weighted by molar-refractivity contribution is 7.15. The number of fused-ring (bicyclic) bond motifs is 1. The van der Waals surface area contributed by atoms with E-state index in [2.05, 4.69) is 10.3 Å². The van der Waals surface area contributed by atoms with E-state index < -0.39 is 0 Å². The van der Waals surface area contributed by atoms with Gasteiger partial charge in [-0.3, -0.25) is 9.20 Å². The van der Waals surface area contributed by atoms with Gasteiger partial charge in [-0.15, -0.1) is 11.3 Å². The summed E-state index contributed by atoms with van der Waals surface area (Å²) >= 11 is 1.59. The number of benzene rings is 2. The molecule has 1 amide bonds. The number of thiazole rings is 1. The molecule has 0 aliphatic heterocycles. The number of nitrogens with one attached hydrogen (secondary N) is 1. The van der Waals surface area contributed by atoms with Crippen molar-refractivity contribution in [3.63, 3.8) is 0 Å². The summed E-state index contributed by atoms with van der Waals surface area (Å²) < 4.78 is 1.98. The van der Waals surface area contributed by atoms with E-state index in [1.807, 2.05) is 77.6 Å². The van der Waals surface area contributed by atoms with Crippen LogP contribution in [0.4, 0.5) is 5.69 Å². The number of hydrogen-bond donors (Lipinski definition) is 1. The minimum atomic E-state index is -0.122. The molecule has 0 aliphatic carbocycles. The van der Waals surface area contributed by atoms with Crippen molar-refractivity contribution in [2.75, 3.05) is 5.32 Å². The van der Waals surface area contributed by atoms with E-state index in [0.29, 0.717) is 5.56 Å². The van der Waals surface area contributed by atoms with Crippen molar-refractivity contribution in [2.24, 2.45) is 0 Å². The van der Waals surface area contributed by atoms with Gasteiger partial charge in [0.1, 0.15) is 0 Å². The van der Waals surface area contributed by atoms with E-state index in [1.165, 1.54) is 0 Å². The number of nitrogens with zero attached hydrogens (tertiary/aromatic N) is 2. The van der Waals surface area contributed by atoms with Gasteiger partial charge < -0.3 is 5.32 Å². The second-order valence-electron chi connectivity index (χ2n) is 5.58. The predicted octanol–water partition coefficient (Wildman–Crippen LogP) is 4.62. The van der Waals surface area contributed by atoms with Gasteiger partial charge in [-0.2, -0.15) is 0 Å². The van der Waals surface area contributed by atoms with Crippen LogP contribution in [0, 0.1) is 6.92 Å². The van der Waals surface area contributed by atoms with Crippen LogP contribution in [-0.2, 0) is 0 Å². The quantitative estimate of drug-likeness (QED) is 0.594. The third kappa shape index (κ3) is 2.70. The molecular formula is C19H15N3OS. The van der Waals surface area contributed by atoms with Gasteiger partial charge in [-0.05, 0) is 25.1 Å². The maximum absolute atomic E-state index is 12.5. The Morgan fingerprint density at radius 2 is 1.92 bits per heavy atom. The summed E-state index contributed by atoms with van der Waals surface area (Å²) in [5.74, 6) is -0.122. The lowest BCUT2D eigenvalue weighted by molar-refractivity contribution is 0.102. The minimum absolute atomic E-state index is 0.122.